The summed E-state index contributed by atoms with van der Waals surface area (Å²) in [6, 6.07) is -0.189. The maximum absolute atomic E-state index is 12.8. The number of carbonyl (C=O) groups excluding carboxylic acids is 1. The molecule has 2 saturated carbocycles. The van der Waals surface area contributed by atoms with Gasteiger partial charge in [-0.05, 0) is 50.4 Å². The average Bonchev–Trinajstić information content (AvgIpc) is 3.08. The number of amides is 1. The lowest BCUT2D eigenvalue weighted by molar-refractivity contribution is -0.139. The van der Waals surface area contributed by atoms with E-state index in [4.69, 9.17) is 10.9 Å². The molecule has 4 unspecified atom stereocenters. The summed E-state index contributed by atoms with van der Waals surface area (Å²) in [7, 11) is 0. The second kappa shape index (κ2) is 5.02. The quantitative estimate of drug-likeness (QED) is 0.344. The minimum atomic E-state index is -0.189. The van der Waals surface area contributed by atoms with Crippen molar-refractivity contribution in [3.8, 4) is 0 Å². The number of piperidine rings is 1. The number of fused-ring (bicyclic) bond motifs is 2. The molecule has 1 amide bonds. The van der Waals surface area contributed by atoms with Gasteiger partial charge in [-0.2, -0.15) is 0 Å². The highest BCUT2D eigenvalue weighted by Gasteiger charge is 2.45. The van der Waals surface area contributed by atoms with Crippen molar-refractivity contribution in [3.05, 3.63) is 0 Å². The van der Waals surface area contributed by atoms with Crippen molar-refractivity contribution in [1.29, 1.82) is 0 Å². The zero-order valence-corrected chi connectivity index (χ0v) is 11.3. The second-order valence-electron chi connectivity index (χ2n) is 6.35. The van der Waals surface area contributed by atoms with Crippen LogP contribution in [0.15, 0.2) is 5.16 Å². The molecule has 5 heteroatoms. The molecule has 0 spiro atoms. The molecule has 2 aliphatic carbocycles. The smallest absolute Gasteiger partial charge is 0.226 e. The van der Waals surface area contributed by atoms with Gasteiger partial charge in [0, 0.05) is 12.5 Å². The summed E-state index contributed by atoms with van der Waals surface area (Å²) in [6.45, 7) is 0.758. The third-order valence-electron chi connectivity index (χ3n) is 5.30. The monoisotopic (exact) mass is 265 g/mol. The molecule has 3 N–H and O–H groups in total. The summed E-state index contributed by atoms with van der Waals surface area (Å²) in [6.07, 6.45) is 7.70. The van der Waals surface area contributed by atoms with Crippen LogP contribution in [0.5, 0.6) is 0 Å². The van der Waals surface area contributed by atoms with Crippen molar-refractivity contribution in [2.45, 2.75) is 51.0 Å². The van der Waals surface area contributed by atoms with Gasteiger partial charge in [-0.1, -0.05) is 11.6 Å². The van der Waals surface area contributed by atoms with Crippen molar-refractivity contribution < 1.29 is 10.0 Å². The predicted octanol–water partition coefficient (Wildman–Crippen LogP) is 1.55. The van der Waals surface area contributed by atoms with E-state index in [1.165, 1.54) is 19.3 Å². The standard InChI is InChI=1S/C14H23N3O2/c15-13(16-19)12-3-1-2-6-17(12)14(18)11-8-9-4-5-10(11)7-9/h9-12,19H,1-8H2,(H2,15,16). The van der Waals surface area contributed by atoms with E-state index in [2.05, 4.69) is 5.16 Å². The fourth-order valence-electron chi connectivity index (χ4n) is 4.33. The SMILES string of the molecule is NC(=NO)C1CCCCN1C(=O)C1CC2CCC1C2. The van der Waals surface area contributed by atoms with E-state index in [0.717, 1.165) is 38.1 Å². The number of oxime groups is 1. The van der Waals surface area contributed by atoms with Gasteiger partial charge in [0.1, 0.15) is 0 Å². The first kappa shape index (κ1) is 12.8. The van der Waals surface area contributed by atoms with Crippen LogP contribution in [-0.2, 0) is 4.79 Å². The van der Waals surface area contributed by atoms with Crippen molar-refractivity contribution in [2.24, 2.45) is 28.6 Å². The van der Waals surface area contributed by atoms with Crippen molar-refractivity contribution in [2.75, 3.05) is 6.54 Å². The topological polar surface area (TPSA) is 78.9 Å². The lowest BCUT2D eigenvalue weighted by atomic mass is 9.86. The summed E-state index contributed by atoms with van der Waals surface area (Å²) in [5.74, 6) is 2.00. The molecule has 19 heavy (non-hydrogen) atoms. The number of nitrogens with two attached hydrogens (primary N) is 1. The summed E-state index contributed by atoms with van der Waals surface area (Å²) in [5, 5.41) is 12.0. The molecule has 106 valence electrons. The van der Waals surface area contributed by atoms with Crippen LogP contribution in [0.25, 0.3) is 0 Å². The van der Waals surface area contributed by atoms with Crippen molar-refractivity contribution in [1.82, 2.24) is 4.90 Å². The lowest BCUT2D eigenvalue weighted by Crippen LogP contribution is -2.52. The van der Waals surface area contributed by atoms with Crippen LogP contribution >= 0.6 is 0 Å². The number of carbonyl (C=O) groups is 1. The highest BCUT2D eigenvalue weighted by molar-refractivity contribution is 5.91. The van der Waals surface area contributed by atoms with Gasteiger partial charge in [0.25, 0.3) is 0 Å². The molecule has 1 heterocycles. The lowest BCUT2D eigenvalue weighted by Gasteiger charge is -2.38. The Bertz CT molecular complexity index is 396. The van der Waals surface area contributed by atoms with Gasteiger partial charge in [-0.25, -0.2) is 0 Å². The minimum Gasteiger partial charge on any atom is -0.409 e. The Kier molecular flexibility index (Phi) is 3.37. The first-order chi connectivity index (χ1) is 9.20. The highest BCUT2D eigenvalue weighted by Crippen LogP contribution is 2.49. The molecule has 1 saturated heterocycles. The number of hydrogen-bond donors (Lipinski definition) is 2. The van der Waals surface area contributed by atoms with E-state index in [1.807, 2.05) is 4.90 Å². The van der Waals surface area contributed by atoms with Crippen LogP contribution < -0.4 is 5.73 Å². The summed E-state index contributed by atoms with van der Waals surface area (Å²) in [5.41, 5.74) is 5.76. The Morgan fingerprint density at radius 2 is 2.05 bits per heavy atom. The number of amidine groups is 1. The molecule has 3 aliphatic rings. The zero-order valence-electron chi connectivity index (χ0n) is 11.3. The Balaban J connectivity index is 1.73. The van der Waals surface area contributed by atoms with E-state index in [9.17, 15) is 4.79 Å². The molecule has 3 rings (SSSR count). The molecular formula is C14H23N3O2. The van der Waals surface area contributed by atoms with Crippen molar-refractivity contribution in [3.63, 3.8) is 0 Å². The van der Waals surface area contributed by atoms with E-state index in [1.54, 1.807) is 0 Å². The number of hydrogen-bond acceptors (Lipinski definition) is 3. The van der Waals surface area contributed by atoms with Gasteiger partial charge >= 0.3 is 0 Å². The number of likely N-dealkylation sites (tertiary alicyclic amines) is 1. The fourth-order valence-corrected chi connectivity index (χ4v) is 4.33. The van der Waals surface area contributed by atoms with Crippen LogP contribution in [0.4, 0.5) is 0 Å². The zero-order chi connectivity index (χ0) is 13.4. The average molecular weight is 265 g/mol. The highest BCUT2D eigenvalue weighted by atomic mass is 16.4. The Morgan fingerprint density at radius 1 is 1.21 bits per heavy atom. The molecule has 1 aliphatic heterocycles. The van der Waals surface area contributed by atoms with E-state index < -0.39 is 0 Å². The van der Waals surface area contributed by atoms with Gasteiger partial charge in [-0.15, -0.1) is 0 Å². The van der Waals surface area contributed by atoms with E-state index in [-0.39, 0.29) is 23.7 Å². The summed E-state index contributed by atoms with van der Waals surface area (Å²) < 4.78 is 0. The maximum atomic E-state index is 12.8. The van der Waals surface area contributed by atoms with Crippen LogP contribution in [0.2, 0.25) is 0 Å². The fraction of sp³-hybridized carbons (Fsp3) is 0.857. The van der Waals surface area contributed by atoms with Gasteiger partial charge < -0.3 is 15.8 Å². The van der Waals surface area contributed by atoms with E-state index >= 15 is 0 Å². The van der Waals surface area contributed by atoms with Crippen LogP contribution in [-0.4, -0.2) is 34.4 Å². The third-order valence-corrected chi connectivity index (χ3v) is 5.30. The largest absolute Gasteiger partial charge is 0.409 e. The van der Waals surface area contributed by atoms with E-state index in [0.29, 0.717) is 5.92 Å². The first-order valence-electron chi connectivity index (χ1n) is 7.48. The Labute approximate surface area is 113 Å². The normalized spacial score (nSPS) is 38.7. The molecule has 4 atom stereocenters. The Hall–Kier alpha value is -1.26. The molecule has 5 nitrogen and oxygen atoms in total. The molecule has 0 aromatic rings. The molecule has 2 bridgehead atoms. The minimum absolute atomic E-state index is 0.189. The van der Waals surface area contributed by atoms with Crippen LogP contribution in [0.3, 0.4) is 0 Å². The van der Waals surface area contributed by atoms with Crippen LogP contribution in [0, 0.1) is 17.8 Å². The number of rotatable bonds is 2. The first-order valence-corrected chi connectivity index (χ1v) is 7.48. The summed E-state index contributed by atoms with van der Waals surface area (Å²) >= 11 is 0. The molecule has 0 aromatic carbocycles. The van der Waals surface area contributed by atoms with Crippen LogP contribution in [0.1, 0.15) is 44.9 Å². The maximum Gasteiger partial charge on any atom is 0.226 e. The molecular weight excluding hydrogens is 242 g/mol. The van der Waals surface area contributed by atoms with Gasteiger partial charge in [0.05, 0.1) is 6.04 Å². The molecule has 0 aromatic heterocycles. The molecule has 0 radical (unpaired) electrons. The predicted molar refractivity (Wildman–Crippen MR) is 71.7 cm³/mol. The van der Waals surface area contributed by atoms with Gasteiger partial charge in [-0.3, -0.25) is 4.79 Å². The summed E-state index contributed by atoms with van der Waals surface area (Å²) in [4.78, 5) is 14.6. The van der Waals surface area contributed by atoms with Gasteiger partial charge in [0.15, 0.2) is 5.84 Å². The van der Waals surface area contributed by atoms with Gasteiger partial charge in [0.2, 0.25) is 5.91 Å². The van der Waals surface area contributed by atoms with Crippen molar-refractivity contribution >= 4 is 11.7 Å². The second-order valence-corrected chi connectivity index (χ2v) is 6.35. The Morgan fingerprint density at radius 3 is 2.68 bits per heavy atom. The number of nitrogens with zero attached hydrogens (tertiary/aromatic N) is 2. The third kappa shape index (κ3) is 2.19. The molecule has 3 fully saturated rings.